The van der Waals surface area contributed by atoms with Crippen molar-refractivity contribution in [1.29, 1.82) is 0 Å². The number of alkyl halides is 4. The number of urea groups is 1. The van der Waals surface area contributed by atoms with Gasteiger partial charge in [-0.2, -0.15) is 13.2 Å². The van der Waals surface area contributed by atoms with Gasteiger partial charge in [-0.1, -0.05) is 6.92 Å². The van der Waals surface area contributed by atoms with E-state index in [9.17, 15) is 27.6 Å². The lowest BCUT2D eigenvalue weighted by Gasteiger charge is -2.15. The predicted octanol–water partition coefficient (Wildman–Crippen LogP) is 6.31. The first-order valence-electron chi connectivity index (χ1n) is 10.5. The van der Waals surface area contributed by atoms with Crippen LogP contribution in [0, 0.1) is 0 Å². The van der Waals surface area contributed by atoms with Crippen LogP contribution in [0.1, 0.15) is 29.4 Å². The number of carbonyl (C=O) groups is 3. The largest absolute Gasteiger partial charge is 0.457 e. The molecule has 0 radical (unpaired) electrons. The lowest BCUT2D eigenvalue weighted by Crippen LogP contribution is -2.21. The Bertz CT molecular complexity index is 1270. The van der Waals surface area contributed by atoms with Gasteiger partial charge in [0.1, 0.15) is 23.1 Å². The highest BCUT2D eigenvalue weighted by Gasteiger charge is 2.34. The molecule has 3 N–H and O–H groups in total. The normalized spacial score (nSPS) is 10.9. The quantitative estimate of drug-likeness (QED) is 0.238. The van der Waals surface area contributed by atoms with Crippen LogP contribution in [0.3, 0.4) is 0 Å². The second-order valence-corrected chi connectivity index (χ2v) is 7.57. The highest BCUT2D eigenvalue weighted by atomic mass is 35.5. The number of nitrogens with zero attached hydrogens (tertiary/aromatic N) is 1. The molecule has 0 aliphatic rings. The van der Waals surface area contributed by atoms with Crippen LogP contribution in [-0.4, -0.2) is 28.6 Å². The van der Waals surface area contributed by atoms with Crippen molar-refractivity contribution in [2.75, 3.05) is 21.8 Å². The number of ketones is 1. The summed E-state index contributed by atoms with van der Waals surface area (Å²) in [4.78, 5) is 39.5. The van der Waals surface area contributed by atoms with Crippen LogP contribution >= 0.6 is 11.6 Å². The van der Waals surface area contributed by atoms with Gasteiger partial charge in [0.05, 0.1) is 11.3 Å². The van der Waals surface area contributed by atoms with Crippen LogP contribution in [0.15, 0.2) is 60.8 Å². The van der Waals surface area contributed by atoms with Crippen LogP contribution in [0.25, 0.3) is 0 Å². The summed E-state index contributed by atoms with van der Waals surface area (Å²) in [6.45, 7) is 1.73. The maximum Gasteiger partial charge on any atom is 0.418 e. The van der Waals surface area contributed by atoms with Gasteiger partial charge in [0.2, 0.25) is 5.91 Å². The molecule has 0 bridgehead atoms. The molecule has 188 valence electrons. The maximum atomic E-state index is 13.4. The number of halogens is 4. The van der Waals surface area contributed by atoms with Crippen LogP contribution in [0.2, 0.25) is 0 Å². The van der Waals surface area contributed by atoms with E-state index in [0.29, 0.717) is 29.7 Å². The maximum absolute atomic E-state index is 13.4. The second kappa shape index (κ2) is 11.5. The summed E-state index contributed by atoms with van der Waals surface area (Å²) in [7, 11) is 0. The number of amides is 3. The third kappa shape index (κ3) is 7.19. The first-order chi connectivity index (χ1) is 17.1. The number of ether oxygens (including phenoxy) is 1. The van der Waals surface area contributed by atoms with E-state index in [0.717, 1.165) is 6.07 Å². The van der Waals surface area contributed by atoms with E-state index >= 15 is 0 Å². The number of carbonyl (C=O) groups excluding carboxylic acids is 3. The Morgan fingerprint density at radius 2 is 1.58 bits per heavy atom. The number of benzene rings is 2. The van der Waals surface area contributed by atoms with E-state index in [4.69, 9.17) is 16.3 Å². The van der Waals surface area contributed by atoms with E-state index in [-0.39, 0.29) is 17.2 Å². The molecule has 0 spiro atoms. The minimum atomic E-state index is -4.78. The third-order valence-electron chi connectivity index (χ3n) is 4.66. The Labute approximate surface area is 208 Å². The number of Topliss-reactive ketones (excluding diaryl/α,β-unsaturated/α-hetero) is 1. The van der Waals surface area contributed by atoms with Crippen molar-refractivity contribution in [3.8, 4) is 11.5 Å². The van der Waals surface area contributed by atoms with Gasteiger partial charge in [0.25, 0.3) is 0 Å². The molecular weight excluding hydrogens is 501 g/mol. The molecule has 0 saturated carbocycles. The van der Waals surface area contributed by atoms with E-state index in [1.54, 1.807) is 25.1 Å². The fourth-order valence-electron chi connectivity index (χ4n) is 2.99. The van der Waals surface area contributed by atoms with E-state index in [1.165, 1.54) is 30.5 Å². The van der Waals surface area contributed by atoms with Crippen molar-refractivity contribution >= 4 is 46.4 Å². The van der Waals surface area contributed by atoms with Crippen LogP contribution in [-0.2, 0) is 11.0 Å². The second-order valence-electron chi connectivity index (χ2n) is 7.30. The zero-order valence-corrected chi connectivity index (χ0v) is 19.5. The smallest absolute Gasteiger partial charge is 0.418 e. The SMILES string of the molecule is CCC(=O)c1cc(Oc2ccc(NC(=O)Nc3ccc(NC(=O)CCl)c(C(F)(F)F)c3)cc2)ccn1. The molecule has 0 aliphatic carbocycles. The average Bonchev–Trinajstić information content (AvgIpc) is 2.85. The number of hydrogen-bond acceptors (Lipinski definition) is 5. The molecule has 0 unspecified atom stereocenters. The van der Waals surface area contributed by atoms with Gasteiger partial charge < -0.3 is 20.7 Å². The minimum Gasteiger partial charge on any atom is -0.457 e. The molecule has 0 saturated heterocycles. The van der Waals surface area contributed by atoms with Crippen molar-refractivity contribution in [2.24, 2.45) is 0 Å². The molecule has 36 heavy (non-hydrogen) atoms. The summed E-state index contributed by atoms with van der Waals surface area (Å²) < 4.78 is 45.9. The summed E-state index contributed by atoms with van der Waals surface area (Å²) in [6.07, 6.45) is -3.01. The zero-order valence-electron chi connectivity index (χ0n) is 18.8. The van der Waals surface area contributed by atoms with Crippen molar-refractivity contribution in [1.82, 2.24) is 4.98 Å². The monoisotopic (exact) mass is 520 g/mol. The number of pyridine rings is 1. The van der Waals surface area contributed by atoms with Gasteiger partial charge in [-0.05, 0) is 48.5 Å². The number of rotatable bonds is 8. The molecule has 0 fully saturated rings. The summed E-state index contributed by atoms with van der Waals surface area (Å²) >= 11 is 5.34. The van der Waals surface area contributed by atoms with Crippen molar-refractivity contribution < 1.29 is 32.3 Å². The molecule has 3 amide bonds. The topological polar surface area (TPSA) is 109 Å². The lowest BCUT2D eigenvalue weighted by molar-refractivity contribution is -0.136. The van der Waals surface area contributed by atoms with Gasteiger partial charge in [-0.25, -0.2) is 4.79 Å². The molecule has 1 aromatic heterocycles. The summed E-state index contributed by atoms with van der Waals surface area (Å²) in [5, 5.41) is 6.88. The summed E-state index contributed by atoms with van der Waals surface area (Å²) in [5.41, 5.74) is -1.12. The van der Waals surface area contributed by atoms with Crippen LogP contribution in [0.4, 0.5) is 35.0 Å². The molecule has 2 aromatic carbocycles. The standard InChI is InChI=1S/C24H20ClF3N4O4/c1-2-21(33)20-12-17(9-10-29-20)36-16-6-3-14(4-7-16)30-23(35)31-15-5-8-19(32-22(34)13-25)18(11-15)24(26,27)28/h3-12H,2,13H2,1H3,(H,32,34)(H2,30,31,35). The first kappa shape index (κ1) is 26.5. The Morgan fingerprint density at radius 1 is 0.917 bits per heavy atom. The van der Waals surface area contributed by atoms with Crippen molar-refractivity contribution in [3.05, 3.63) is 72.1 Å². The number of anilines is 3. The molecule has 8 nitrogen and oxygen atoms in total. The fourth-order valence-corrected chi connectivity index (χ4v) is 3.06. The molecule has 1 heterocycles. The number of nitrogens with one attached hydrogen (secondary N) is 3. The van der Waals surface area contributed by atoms with Crippen LogP contribution < -0.4 is 20.7 Å². The van der Waals surface area contributed by atoms with E-state index in [1.807, 2.05) is 0 Å². The predicted molar refractivity (Wildman–Crippen MR) is 129 cm³/mol. The highest BCUT2D eigenvalue weighted by molar-refractivity contribution is 6.29. The Balaban J connectivity index is 1.65. The summed E-state index contributed by atoms with van der Waals surface area (Å²) in [5.74, 6) is -0.598. The average molecular weight is 521 g/mol. The van der Waals surface area contributed by atoms with E-state index < -0.39 is 35.2 Å². The molecule has 12 heteroatoms. The van der Waals surface area contributed by atoms with Gasteiger partial charge in [-0.3, -0.25) is 14.6 Å². The Kier molecular flexibility index (Phi) is 8.49. The molecule has 0 aliphatic heterocycles. The van der Waals surface area contributed by atoms with Gasteiger partial charge >= 0.3 is 12.2 Å². The molecule has 0 atom stereocenters. The van der Waals surface area contributed by atoms with Gasteiger partial charge in [0.15, 0.2) is 5.78 Å². The number of aromatic nitrogens is 1. The van der Waals surface area contributed by atoms with Gasteiger partial charge in [0, 0.05) is 30.1 Å². The molecule has 3 rings (SSSR count). The van der Waals surface area contributed by atoms with E-state index in [2.05, 4.69) is 20.9 Å². The molecule has 3 aromatic rings. The Morgan fingerprint density at radius 3 is 2.22 bits per heavy atom. The number of hydrogen-bond donors (Lipinski definition) is 3. The Hall–Kier alpha value is -4.12. The lowest BCUT2D eigenvalue weighted by atomic mass is 10.1. The molecular formula is C24H20ClF3N4O4. The van der Waals surface area contributed by atoms with Gasteiger partial charge in [-0.15, -0.1) is 11.6 Å². The van der Waals surface area contributed by atoms with Crippen molar-refractivity contribution in [3.63, 3.8) is 0 Å². The van der Waals surface area contributed by atoms with Crippen LogP contribution in [0.5, 0.6) is 11.5 Å². The minimum absolute atomic E-state index is 0.122. The first-order valence-corrected chi connectivity index (χ1v) is 11.0. The third-order valence-corrected chi connectivity index (χ3v) is 4.91. The van der Waals surface area contributed by atoms with Crippen molar-refractivity contribution in [2.45, 2.75) is 19.5 Å². The summed E-state index contributed by atoms with van der Waals surface area (Å²) in [6, 6.07) is 11.4. The highest BCUT2D eigenvalue weighted by Crippen LogP contribution is 2.36. The fraction of sp³-hybridized carbons (Fsp3) is 0.167. The zero-order chi connectivity index (χ0) is 26.3.